The molecule has 4 rings (SSSR count). The van der Waals surface area contributed by atoms with Crippen LogP contribution in [-0.2, 0) is 7.05 Å². The van der Waals surface area contributed by atoms with Crippen molar-refractivity contribution < 1.29 is 0 Å². The Bertz CT molecular complexity index is 1140. The van der Waals surface area contributed by atoms with Crippen LogP contribution < -0.4 is 11.2 Å². The summed E-state index contributed by atoms with van der Waals surface area (Å²) in [6.07, 6.45) is 1.50. The summed E-state index contributed by atoms with van der Waals surface area (Å²) in [4.78, 5) is 25.6. The summed E-state index contributed by atoms with van der Waals surface area (Å²) in [7, 11) is 1.64. The molecular formula is C18H14N4O2. The standard InChI is InChI=1S/C18H14N4O2/c1-20-16-15(12-19-22(16)14-10-6-3-7-11-14)17(23)21(18(20)24)13-8-4-2-5-9-13/h2-12H,1H3. The highest BCUT2D eigenvalue weighted by atomic mass is 16.2. The van der Waals surface area contributed by atoms with Gasteiger partial charge in [0.1, 0.15) is 5.39 Å². The highest BCUT2D eigenvalue weighted by Crippen LogP contribution is 2.14. The van der Waals surface area contributed by atoms with E-state index in [2.05, 4.69) is 5.10 Å². The predicted octanol–water partition coefficient (Wildman–Crippen LogP) is 1.88. The molecule has 0 bridgehead atoms. The Morgan fingerprint density at radius 2 is 1.42 bits per heavy atom. The molecule has 2 heterocycles. The molecule has 0 saturated carbocycles. The molecule has 6 nitrogen and oxygen atoms in total. The van der Waals surface area contributed by atoms with Gasteiger partial charge in [0.2, 0.25) is 0 Å². The molecule has 0 fully saturated rings. The second kappa shape index (κ2) is 5.34. The van der Waals surface area contributed by atoms with Crippen molar-refractivity contribution in [2.45, 2.75) is 0 Å². The van der Waals surface area contributed by atoms with Crippen molar-refractivity contribution in [2.75, 3.05) is 0 Å². The zero-order valence-corrected chi connectivity index (χ0v) is 13.0. The van der Waals surface area contributed by atoms with Gasteiger partial charge in [-0.05, 0) is 24.3 Å². The van der Waals surface area contributed by atoms with Gasteiger partial charge in [-0.15, -0.1) is 0 Å². The third kappa shape index (κ3) is 2.00. The lowest BCUT2D eigenvalue weighted by Gasteiger charge is -2.10. The Hall–Kier alpha value is -3.41. The zero-order valence-electron chi connectivity index (χ0n) is 13.0. The van der Waals surface area contributed by atoms with Crippen molar-refractivity contribution in [3.05, 3.63) is 87.7 Å². The van der Waals surface area contributed by atoms with Gasteiger partial charge < -0.3 is 0 Å². The van der Waals surface area contributed by atoms with E-state index in [1.807, 2.05) is 36.4 Å². The van der Waals surface area contributed by atoms with Crippen molar-refractivity contribution in [2.24, 2.45) is 7.05 Å². The van der Waals surface area contributed by atoms with Crippen molar-refractivity contribution >= 4 is 11.0 Å². The summed E-state index contributed by atoms with van der Waals surface area (Å²) in [5.41, 5.74) is 1.03. The van der Waals surface area contributed by atoms with E-state index in [-0.39, 0.29) is 5.56 Å². The van der Waals surface area contributed by atoms with Crippen LogP contribution in [0.25, 0.3) is 22.4 Å². The average molecular weight is 318 g/mol. The number of benzene rings is 2. The maximum Gasteiger partial charge on any atom is 0.337 e. The lowest BCUT2D eigenvalue weighted by Crippen LogP contribution is -2.38. The minimum absolute atomic E-state index is 0.374. The van der Waals surface area contributed by atoms with E-state index in [4.69, 9.17) is 0 Å². The molecule has 4 aromatic rings. The molecule has 0 unspecified atom stereocenters. The summed E-state index contributed by atoms with van der Waals surface area (Å²) in [6.45, 7) is 0. The van der Waals surface area contributed by atoms with Gasteiger partial charge in [0.15, 0.2) is 5.65 Å². The van der Waals surface area contributed by atoms with Crippen molar-refractivity contribution in [1.82, 2.24) is 18.9 Å². The van der Waals surface area contributed by atoms with Gasteiger partial charge in [-0.3, -0.25) is 9.36 Å². The first-order chi connectivity index (χ1) is 11.7. The molecule has 0 amide bonds. The summed E-state index contributed by atoms with van der Waals surface area (Å²) in [5.74, 6) is 0. The fourth-order valence-corrected chi connectivity index (χ4v) is 2.83. The molecular weight excluding hydrogens is 304 g/mol. The SMILES string of the molecule is Cn1c(=O)n(-c2ccccc2)c(=O)c2cnn(-c3ccccc3)c21. The first-order valence-electron chi connectivity index (χ1n) is 7.49. The normalized spacial score (nSPS) is 11.0. The van der Waals surface area contributed by atoms with Crippen LogP contribution in [-0.4, -0.2) is 18.9 Å². The van der Waals surface area contributed by atoms with Crippen molar-refractivity contribution in [3.63, 3.8) is 0 Å². The van der Waals surface area contributed by atoms with E-state index in [9.17, 15) is 9.59 Å². The van der Waals surface area contributed by atoms with Crippen LogP contribution in [0.1, 0.15) is 0 Å². The maximum absolute atomic E-state index is 12.8. The number of rotatable bonds is 2. The molecule has 6 heteroatoms. The second-order valence-corrected chi connectivity index (χ2v) is 5.45. The zero-order chi connectivity index (χ0) is 16.7. The number of fused-ring (bicyclic) bond motifs is 1. The smallest absolute Gasteiger partial charge is 0.280 e. The predicted molar refractivity (Wildman–Crippen MR) is 91.9 cm³/mol. The topological polar surface area (TPSA) is 61.8 Å². The Labute approximate surface area is 136 Å². The fraction of sp³-hybridized carbons (Fsp3) is 0.0556. The van der Waals surface area contributed by atoms with E-state index >= 15 is 0 Å². The summed E-state index contributed by atoms with van der Waals surface area (Å²) in [6, 6.07) is 18.3. The molecule has 0 radical (unpaired) electrons. The number of nitrogens with zero attached hydrogens (tertiary/aromatic N) is 4. The van der Waals surface area contributed by atoms with Crippen LogP contribution >= 0.6 is 0 Å². The van der Waals surface area contributed by atoms with E-state index in [0.29, 0.717) is 16.7 Å². The molecule has 0 N–H and O–H groups in total. The summed E-state index contributed by atoms with van der Waals surface area (Å²) in [5, 5.41) is 4.70. The van der Waals surface area contributed by atoms with E-state index in [0.717, 1.165) is 5.69 Å². The fourth-order valence-electron chi connectivity index (χ4n) is 2.83. The lowest BCUT2D eigenvalue weighted by molar-refractivity contribution is 0.745. The highest BCUT2D eigenvalue weighted by molar-refractivity contribution is 5.76. The monoisotopic (exact) mass is 318 g/mol. The number of aromatic nitrogens is 4. The third-order valence-electron chi connectivity index (χ3n) is 3.99. The molecule has 0 aliphatic heterocycles. The van der Waals surface area contributed by atoms with Gasteiger partial charge in [-0.25, -0.2) is 14.0 Å². The molecule has 0 spiro atoms. The molecule has 0 aliphatic rings. The van der Waals surface area contributed by atoms with Crippen LogP contribution in [0.2, 0.25) is 0 Å². The molecule has 2 aromatic carbocycles. The Morgan fingerprint density at radius 3 is 2.04 bits per heavy atom. The highest BCUT2D eigenvalue weighted by Gasteiger charge is 2.17. The van der Waals surface area contributed by atoms with Crippen LogP contribution in [0.5, 0.6) is 0 Å². The van der Waals surface area contributed by atoms with Gasteiger partial charge in [-0.2, -0.15) is 5.10 Å². The van der Waals surface area contributed by atoms with E-state index < -0.39 is 5.69 Å². The van der Waals surface area contributed by atoms with E-state index in [1.54, 1.807) is 36.0 Å². The van der Waals surface area contributed by atoms with E-state index in [1.165, 1.54) is 15.3 Å². The van der Waals surface area contributed by atoms with Gasteiger partial charge in [-0.1, -0.05) is 36.4 Å². The second-order valence-electron chi connectivity index (χ2n) is 5.45. The van der Waals surface area contributed by atoms with Crippen LogP contribution in [0.15, 0.2) is 76.4 Å². The molecule has 0 saturated heterocycles. The largest absolute Gasteiger partial charge is 0.337 e. The van der Waals surface area contributed by atoms with Crippen molar-refractivity contribution in [1.29, 1.82) is 0 Å². The Balaban J connectivity index is 2.09. The quantitative estimate of drug-likeness (QED) is 0.567. The molecule has 24 heavy (non-hydrogen) atoms. The first kappa shape index (κ1) is 14.2. The van der Waals surface area contributed by atoms with Gasteiger partial charge in [0.25, 0.3) is 5.56 Å². The van der Waals surface area contributed by atoms with Crippen LogP contribution in [0.3, 0.4) is 0 Å². The first-order valence-corrected chi connectivity index (χ1v) is 7.49. The van der Waals surface area contributed by atoms with Crippen LogP contribution in [0, 0.1) is 0 Å². The number of hydrogen-bond donors (Lipinski definition) is 0. The average Bonchev–Trinajstić information content (AvgIpc) is 3.07. The molecule has 0 atom stereocenters. The minimum Gasteiger partial charge on any atom is -0.280 e. The Morgan fingerprint density at radius 1 is 0.833 bits per heavy atom. The lowest BCUT2D eigenvalue weighted by atomic mass is 10.3. The molecule has 0 aliphatic carbocycles. The maximum atomic E-state index is 12.8. The number of aryl methyl sites for hydroxylation is 1. The van der Waals surface area contributed by atoms with Crippen molar-refractivity contribution in [3.8, 4) is 11.4 Å². The summed E-state index contributed by atoms with van der Waals surface area (Å²) < 4.78 is 4.22. The van der Waals surface area contributed by atoms with Crippen LogP contribution in [0.4, 0.5) is 0 Å². The van der Waals surface area contributed by atoms with Gasteiger partial charge in [0, 0.05) is 7.05 Å². The molecule has 2 aromatic heterocycles. The number of hydrogen-bond acceptors (Lipinski definition) is 3. The van der Waals surface area contributed by atoms with Gasteiger partial charge >= 0.3 is 5.69 Å². The number of para-hydroxylation sites is 2. The Kier molecular flexibility index (Phi) is 3.16. The third-order valence-corrected chi connectivity index (χ3v) is 3.99. The summed E-state index contributed by atoms with van der Waals surface area (Å²) >= 11 is 0. The van der Waals surface area contributed by atoms with Gasteiger partial charge in [0.05, 0.1) is 17.6 Å². The minimum atomic E-state index is -0.406. The molecule has 118 valence electrons.